The van der Waals surface area contributed by atoms with Crippen molar-refractivity contribution >= 4 is 0 Å². The minimum Gasteiger partial charge on any atom is -0.336 e. The summed E-state index contributed by atoms with van der Waals surface area (Å²) in [4.78, 5) is 4.04. The first kappa shape index (κ1) is 12.8. The van der Waals surface area contributed by atoms with Crippen molar-refractivity contribution in [2.75, 3.05) is 6.54 Å². The highest BCUT2D eigenvalue weighted by Crippen LogP contribution is 2.16. The molecule has 1 aromatic heterocycles. The average molecular weight is 243 g/mol. The average Bonchev–Trinajstić information content (AvgIpc) is 2.89. The quantitative estimate of drug-likeness (QED) is 0.845. The van der Waals surface area contributed by atoms with Crippen molar-refractivity contribution in [3.8, 4) is 0 Å². The highest BCUT2D eigenvalue weighted by molar-refractivity contribution is 5.23. The zero-order chi connectivity index (χ0) is 12.8. The van der Waals surface area contributed by atoms with Crippen LogP contribution in [0.25, 0.3) is 0 Å². The lowest BCUT2D eigenvalue weighted by molar-refractivity contribution is 0.492. The third-order valence-corrected chi connectivity index (χ3v) is 3.21. The highest BCUT2D eigenvalue weighted by Gasteiger charge is 2.07. The Labute approximate surface area is 109 Å². The van der Waals surface area contributed by atoms with Gasteiger partial charge in [0.2, 0.25) is 0 Å². The monoisotopic (exact) mass is 243 g/mol. The molecule has 2 aromatic rings. The summed E-state index contributed by atoms with van der Waals surface area (Å²) in [5.41, 5.74) is 2.68. The van der Waals surface area contributed by atoms with Crippen LogP contribution in [-0.4, -0.2) is 16.1 Å². The maximum Gasteiger partial charge on any atom is 0.0946 e. The van der Waals surface area contributed by atoms with Crippen LogP contribution < -0.4 is 5.32 Å². The Morgan fingerprint density at radius 1 is 1.28 bits per heavy atom. The van der Waals surface area contributed by atoms with Gasteiger partial charge in [-0.15, -0.1) is 0 Å². The number of rotatable bonds is 6. The second kappa shape index (κ2) is 6.36. The van der Waals surface area contributed by atoms with Crippen molar-refractivity contribution in [3.63, 3.8) is 0 Å². The zero-order valence-electron chi connectivity index (χ0n) is 11.1. The number of aryl methyl sites for hydroxylation is 1. The van der Waals surface area contributed by atoms with Crippen LogP contribution in [0.2, 0.25) is 0 Å². The molecule has 96 valence electrons. The van der Waals surface area contributed by atoms with E-state index in [1.54, 1.807) is 0 Å². The molecule has 3 heteroatoms. The topological polar surface area (TPSA) is 29.9 Å². The molecule has 1 atom stereocenters. The fraction of sp³-hybridized carbons (Fsp3) is 0.400. The summed E-state index contributed by atoms with van der Waals surface area (Å²) in [6.07, 6.45) is 6.77. The Balaban J connectivity index is 1.87. The maximum atomic E-state index is 4.04. The molecule has 0 amide bonds. The molecule has 1 heterocycles. The van der Waals surface area contributed by atoms with Crippen LogP contribution in [0, 0.1) is 6.92 Å². The van der Waals surface area contributed by atoms with Crippen molar-refractivity contribution in [2.45, 2.75) is 32.9 Å². The Kier molecular flexibility index (Phi) is 4.53. The van der Waals surface area contributed by atoms with E-state index < -0.39 is 0 Å². The second-order valence-corrected chi connectivity index (χ2v) is 4.63. The van der Waals surface area contributed by atoms with E-state index in [1.165, 1.54) is 11.1 Å². The standard InChI is InChI=1S/C15H21N3/c1-3-15(14-6-4-13(2)5-7-14)17-9-11-18-10-8-16-12-18/h4-8,10,12,15,17H,3,9,11H2,1-2H3. The largest absolute Gasteiger partial charge is 0.336 e. The normalized spacial score (nSPS) is 12.6. The molecule has 0 bridgehead atoms. The summed E-state index contributed by atoms with van der Waals surface area (Å²) >= 11 is 0. The van der Waals surface area contributed by atoms with E-state index in [0.29, 0.717) is 6.04 Å². The lowest BCUT2D eigenvalue weighted by atomic mass is 10.0. The number of nitrogens with one attached hydrogen (secondary N) is 1. The molecule has 1 N–H and O–H groups in total. The molecular weight excluding hydrogens is 222 g/mol. The van der Waals surface area contributed by atoms with E-state index in [2.05, 4.69) is 53.0 Å². The molecule has 0 aliphatic rings. The van der Waals surface area contributed by atoms with Gasteiger partial charge < -0.3 is 9.88 Å². The van der Waals surface area contributed by atoms with E-state index >= 15 is 0 Å². The summed E-state index contributed by atoms with van der Waals surface area (Å²) in [6.45, 7) is 6.26. The van der Waals surface area contributed by atoms with Crippen LogP contribution in [0.4, 0.5) is 0 Å². The van der Waals surface area contributed by atoms with Crippen LogP contribution in [0.3, 0.4) is 0 Å². The first-order valence-corrected chi connectivity index (χ1v) is 6.55. The lowest BCUT2D eigenvalue weighted by Crippen LogP contribution is -2.24. The first-order valence-electron chi connectivity index (χ1n) is 6.55. The summed E-state index contributed by atoms with van der Waals surface area (Å²) in [6, 6.07) is 9.22. The molecule has 0 spiro atoms. The number of imidazole rings is 1. The zero-order valence-corrected chi connectivity index (χ0v) is 11.1. The number of nitrogens with zero attached hydrogens (tertiary/aromatic N) is 2. The summed E-state index contributed by atoms with van der Waals surface area (Å²) in [7, 11) is 0. The predicted octanol–water partition coefficient (Wildman–Crippen LogP) is 2.93. The fourth-order valence-corrected chi connectivity index (χ4v) is 2.08. The van der Waals surface area contributed by atoms with Gasteiger partial charge in [0.1, 0.15) is 0 Å². The maximum absolute atomic E-state index is 4.04. The van der Waals surface area contributed by atoms with Crippen LogP contribution in [-0.2, 0) is 6.54 Å². The molecule has 1 unspecified atom stereocenters. The summed E-state index contributed by atoms with van der Waals surface area (Å²) in [5.74, 6) is 0. The van der Waals surface area contributed by atoms with Crippen molar-refractivity contribution in [1.82, 2.24) is 14.9 Å². The van der Waals surface area contributed by atoms with Gasteiger partial charge in [-0.05, 0) is 18.9 Å². The van der Waals surface area contributed by atoms with E-state index in [4.69, 9.17) is 0 Å². The van der Waals surface area contributed by atoms with E-state index in [0.717, 1.165) is 19.5 Å². The van der Waals surface area contributed by atoms with Gasteiger partial charge in [-0.3, -0.25) is 0 Å². The smallest absolute Gasteiger partial charge is 0.0946 e. The molecule has 0 aliphatic carbocycles. The number of hydrogen-bond acceptors (Lipinski definition) is 2. The van der Waals surface area contributed by atoms with Crippen molar-refractivity contribution in [3.05, 3.63) is 54.1 Å². The molecule has 0 aliphatic heterocycles. The van der Waals surface area contributed by atoms with E-state index in [9.17, 15) is 0 Å². The lowest BCUT2D eigenvalue weighted by Gasteiger charge is -2.17. The molecular formula is C15H21N3. The molecule has 0 saturated heterocycles. The molecule has 0 radical (unpaired) electrons. The Hall–Kier alpha value is -1.61. The minimum atomic E-state index is 0.439. The van der Waals surface area contributed by atoms with Crippen LogP contribution in [0.5, 0.6) is 0 Å². The van der Waals surface area contributed by atoms with Gasteiger partial charge in [-0.25, -0.2) is 4.98 Å². The molecule has 2 rings (SSSR count). The molecule has 0 fully saturated rings. The third-order valence-electron chi connectivity index (χ3n) is 3.21. The van der Waals surface area contributed by atoms with Crippen LogP contribution in [0.15, 0.2) is 43.0 Å². The molecule has 1 aromatic carbocycles. The Morgan fingerprint density at radius 2 is 2.06 bits per heavy atom. The van der Waals surface area contributed by atoms with E-state index in [-0.39, 0.29) is 0 Å². The highest BCUT2D eigenvalue weighted by atomic mass is 15.0. The van der Waals surface area contributed by atoms with Crippen molar-refractivity contribution < 1.29 is 0 Å². The van der Waals surface area contributed by atoms with Crippen LogP contribution >= 0.6 is 0 Å². The SMILES string of the molecule is CCC(NCCn1ccnc1)c1ccc(C)cc1. The number of aromatic nitrogens is 2. The molecule has 18 heavy (non-hydrogen) atoms. The van der Waals surface area contributed by atoms with Gasteiger partial charge in [0, 0.05) is 31.5 Å². The Morgan fingerprint density at radius 3 is 2.67 bits per heavy atom. The predicted molar refractivity (Wildman–Crippen MR) is 74.4 cm³/mol. The van der Waals surface area contributed by atoms with Gasteiger partial charge in [0.05, 0.1) is 6.33 Å². The molecule has 3 nitrogen and oxygen atoms in total. The van der Waals surface area contributed by atoms with Gasteiger partial charge in [-0.2, -0.15) is 0 Å². The minimum absolute atomic E-state index is 0.439. The van der Waals surface area contributed by atoms with Gasteiger partial charge in [-0.1, -0.05) is 36.8 Å². The second-order valence-electron chi connectivity index (χ2n) is 4.63. The summed E-state index contributed by atoms with van der Waals surface area (Å²) in [5, 5.41) is 3.59. The van der Waals surface area contributed by atoms with Crippen molar-refractivity contribution in [2.24, 2.45) is 0 Å². The van der Waals surface area contributed by atoms with Gasteiger partial charge in [0.25, 0.3) is 0 Å². The van der Waals surface area contributed by atoms with Gasteiger partial charge >= 0.3 is 0 Å². The third kappa shape index (κ3) is 3.44. The number of hydrogen-bond donors (Lipinski definition) is 1. The van der Waals surface area contributed by atoms with Gasteiger partial charge in [0.15, 0.2) is 0 Å². The van der Waals surface area contributed by atoms with Crippen molar-refractivity contribution in [1.29, 1.82) is 0 Å². The summed E-state index contributed by atoms with van der Waals surface area (Å²) < 4.78 is 2.09. The number of benzene rings is 1. The fourth-order valence-electron chi connectivity index (χ4n) is 2.08. The Bertz CT molecular complexity index is 445. The van der Waals surface area contributed by atoms with Crippen LogP contribution in [0.1, 0.15) is 30.5 Å². The molecule has 0 saturated carbocycles. The van der Waals surface area contributed by atoms with E-state index in [1.807, 2.05) is 18.7 Å². The first-order chi connectivity index (χ1) is 8.79.